The second-order valence-electron chi connectivity index (χ2n) is 9.55. The molecule has 0 bridgehead atoms. The third kappa shape index (κ3) is 5.45. The van der Waals surface area contributed by atoms with Crippen molar-refractivity contribution in [3.63, 3.8) is 0 Å². The Morgan fingerprint density at radius 1 is 1.03 bits per heavy atom. The van der Waals surface area contributed by atoms with Crippen molar-refractivity contribution >= 4 is 23.1 Å². The molecular weight excluding hydrogens is 414 g/mol. The maximum atomic E-state index is 12.5. The second-order valence-corrected chi connectivity index (χ2v) is 9.55. The zero-order chi connectivity index (χ0) is 23.4. The molecule has 4 rings (SSSR count). The summed E-state index contributed by atoms with van der Waals surface area (Å²) in [4.78, 5) is 21.5. The lowest BCUT2D eigenvalue weighted by Crippen LogP contribution is -2.48. The highest BCUT2D eigenvalue weighted by Crippen LogP contribution is 2.28. The molecule has 0 spiro atoms. The average molecular weight is 448 g/mol. The van der Waals surface area contributed by atoms with Gasteiger partial charge in [0.05, 0.1) is 11.4 Å². The van der Waals surface area contributed by atoms with Gasteiger partial charge in [0.2, 0.25) is 0 Å². The number of aromatic amines is 1. The van der Waals surface area contributed by atoms with Crippen LogP contribution in [-0.2, 0) is 0 Å². The molecule has 1 aliphatic rings. The number of anilines is 3. The Labute approximate surface area is 195 Å². The first-order valence-electron chi connectivity index (χ1n) is 11.4. The van der Waals surface area contributed by atoms with Crippen LogP contribution >= 0.6 is 0 Å². The van der Waals surface area contributed by atoms with E-state index in [2.05, 4.69) is 82.9 Å². The van der Waals surface area contributed by atoms with Crippen LogP contribution in [0.3, 0.4) is 0 Å². The predicted octanol–water partition coefficient (Wildman–Crippen LogP) is 3.93. The van der Waals surface area contributed by atoms with E-state index in [9.17, 15) is 4.79 Å². The minimum atomic E-state index is 0.00865. The maximum absolute atomic E-state index is 12.5. The van der Waals surface area contributed by atoms with Gasteiger partial charge in [0.25, 0.3) is 5.91 Å². The molecule has 1 saturated heterocycles. The van der Waals surface area contributed by atoms with Gasteiger partial charge in [-0.1, -0.05) is 32.9 Å². The van der Waals surface area contributed by atoms with Gasteiger partial charge < -0.3 is 20.4 Å². The molecule has 8 nitrogen and oxygen atoms in total. The molecule has 0 atom stereocenters. The molecule has 174 valence electrons. The maximum Gasteiger partial charge on any atom is 0.271 e. The molecule has 33 heavy (non-hydrogen) atoms. The standard InChI is InChI=1S/C25H33N7O/c1-25(2,3)17-27-21-10-9-20(29-23(21)26-4)18-5-7-19(8-6-18)31-13-15-32(16-14-31)24(33)22-11-12-28-30-22/h5-12,27H,13-17H2,1-4H3,(H,26,29)(H,28,30). The summed E-state index contributed by atoms with van der Waals surface area (Å²) in [6, 6.07) is 14.4. The van der Waals surface area contributed by atoms with E-state index in [4.69, 9.17) is 4.98 Å². The molecular formula is C25H33N7O. The normalized spacial score (nSPS) is 14.3. The van der Waals surface area contributed by atoms with Crippen LogP contribution in [-0.4, -0.2) is 65.8 Å². The van der Waals surface area contributed by atoms with Crippen molar-refractivity contribution in [2.24, 2.45) is 5.41 Å². The Hall–Kier alpha value is -3.55. The summed E-state index contributed by atoms with van der Waals surface area (Å²) in [6.07, 6.45) is 1.61. The number of carbonyl (C=O) groups is 1. The lowest BCUT2D eigenvalue weighted by atomic mass is 9.97. The van der Waals surface area contributed by atoms with Gasteiger partial charge in [-0.15, -0.1) is 0 Å². The topological polar surface area (TPSA) is 89.2 Å². The van der Waals surface area contributed by atoms with Gasteiger partial charge in [-0.2, -0.15) is 5.10 Å². The van der Waals surface area contributed by atoms with E-state index in [1.54, 1.807) is 12.3 Å². The molecule has 3 heterocycles. The number of hydrogen-bond acceptors (Lipinski definition) is 6. The van der Waals surface area contributed by atoms with E-state index in [-0.39, 0.29) is 11.3 Å². The van der Waals surface area contributed by atoms with Crippen molar-refractivity contribution in [3.05, 3.63) is 54.4 Å². The molecule has 1 aliphatic heterocycles. The van der Waals surface area contributed by atoms with E-state index in [0.717, 1.165) is 48.1 Å². The van der Waals surface area contributed by atoms with Crippen LogP contribution in [0, 0.1) is 5.41 Å². The first-order valence-corrected chi connectivity index (χ1v) is 11.4. The summed E-state index contributed by atoms with van der Waals surface area (Å²) >= 11 is 0. The van der Waals surface area contributed by atoms with Crippen LogP contribution in [0.2, 0.25) is 0 Å². The van der Waals surface area contributed by atoms with Crippen LogP contribution in [0.1, 0.15) is 31.3 Å². The molecule has 1 aromatic carbocycles. The monoisotopic (exact) mass is 447 g/mol. The molecule has 1 fully saturated rings. The van der Waals surface area contributed by atoms with Crippen LogP contribution in [0.25, 0.3) is 11.3 Å². The fraction of sp³-hybridized carbons (Fsp3) is 0.400. The van der Waals surface area contributed by atoms with Crippen LogP contribution in [0.4, 0.5) is 17.2 Å². The van der Waals surface area contributed by atoms with Crippen molar-refractivity contribution in [3.8, 4) is 11.3 Å². The molecule has 1 amide bonds. The summed E-state index contributed by atoms with van der Waals surface area (Å²) < 4.78 is 0. The minimum Gasteiger partial charge on any atom is -0.382 e. The van der Waals surface area contributed by atoms with Gasteiger partial charge in [-0.25, -0.2) is 4.98 Å². The van der Waals surface area contributed by atoms with Crippen molar-refractivity contribution < 1.29 is 4.79 Å². The number of pyridine rings is 1. The van der Waals surface area contributed by atoms with Gasteiger partial charge in [0.1, 0.15) is 11.5 Å². The quantitative estimate of drug-likeness (QED) is 0.531. The molecule has 0 unspecified atom stereocenters. The first kappa shape index (κ1) is 22.6. The number of nitrogens with one attached hydrogen (secondary N) is 3. The van der Waals surface area contributed by atoms with E-state index in [0.29, 0.717) is 18.8 Å². The number of aromatic nitrogens is 3. The highest BCUT2D eigenvalue weighted by Gasteiger charge is 2.23. The van der Waals surface area contributed by atoms with Gasteiger partial charge in [-0.05, 0) is 35.7 Å². The SMILES string of the molecule is CNc1nc(-c2ccc(N3CCN(C(=O)c4ccn[nH]4)CC3)cc2)ccc1NCC(C)(C)C. The third-order valence-electron chi connectivity index (χ3n) is 5.77. The number of carbonyl (C=O) groups excluding carboxylic acids is 1. The average Bonchev–Trinajstić information content (AvgIpc) is 3.37. The molecule has 0 saturated carbocycles. The molecule has 2 aromatic heterocycles. The molecule has 3 N–H and O–H groups in total. The highest BCUT2D eigenvalue weighted by atomic mass is 16.2. The number of benzene rings is 1. The zero-order valence-corrected chi connectivity index (χ0v) is 19.9. The van der Waals surface area contributed by atoms with E-state index in [1.165, 1.54) is 0 Å². The van der Waals surface area contributed by atoms with Crippen molar-refractivity contribution in [1.29, 1.82) is 0 Å². The largest absolute Gasteiger partial charge is 0.382 e. The zero-order valence-electron chi connectivity index (χ0n) is 19.9. The minimum absolute atomic E-state index is 0.00865. The smallest absolute Gasteiger partial charge is 0.271 e. The molecule has 3 aromatic rings. The Balaban J connectivity index is 1.40. The second kappa shape index (κ2) is 9.52. The van der Waals surface area contributed by atoms with Crippen molar-refractivity contribution in [2.75, 3.05) is 55.3 Å². The fourth-order valence-electron chi connectivity index (χ4n) is 3.87. The van der Waals surface area contributed by atoms with E-state index >= 15 is 0 Å². The number of hydrogen-bond donors (Lipinski definition) is 3. The summed E-state index contributed by atoms with van der Waals surface area (Å²) in [6.45, 7) is 10.5. The van der Waals surface area contributed by atoms with Gasteiger partial charge in [-0.3, -0.25) is 9.89 Å². The lowest BCUT2D eigenvalue weighted by molar-refractivity contribution is 0.0741. The van der Waals surface area contributed by atoms with Crippen molar-refractivity contribution in [2.45, 2.75) is 20.8 Å². The van der Waals surface area contributed by atoms with E-state index in [1.807, 2.05) is 11.9 Å². The Bertz CT molecular complexity index is 1060. The lowest BCUT2D eigenvalue weighted by Gasteiger charge is -2.36. The Morgan fingerprint density at radius 2 is 1.76 bits per heavy atom. The molecule has 0 radical (unpaired) electrons. The van der Waals surface area contributed by atoms with E-state index < -0.39 is 0 Å². The Morgan fingerprint density at radius 3 is 2.36 bits per heavy atom. The number of piperazine rings is 1. The van der Waals surface area contributed by atoms with Crippen LogP contribution < -0.4 is 15.5 Å². The number of rotatable bonds is 6. The van der Waals surface area contributed by atoms with Crippen LogP contribution in [0.5, 0.6) is 0 Å². The third-order valence-corrected chi connectivity index (χ3v) is 5.77. The fourth-order valence-corrected chi connectivity index (χ4v) is 3.87. The number of nitrogens with zero attached hydrogens (tertiary/aromatic N) is 4. The Kier molecular flexibility index (Phi) is 6.53. The predicted molar refractivity (Wildman–Crippen MR) is 134 cm³/mol. The molecule has 0 aliphatic carbocycles. The summed E-state index contributed by atoms with van der Waals surface area (Å²) in [5, 5.41) is 13.3. The molecule has 8 heteroatoms. The van der Waals surface area contributed by atoms with Gasteiger partial charge >= 0.3 is 0 Å². The first-order chi connectivity index (χ1) is 15.8. The van der Waals surface area contributed by atoms with Gasteiger partial charge in [0, 0.05) is 57.2 Å². The summed E-state index contributed by atoms with van der Waals surface area (Å²) in [7, 11) is 1.90. The summed E-state index contributed by atoms with van der Waals surface area (Å²) in [5.41, 5.74) is 4.91. The van der Waals surface area contributed by atoms with Gasteiger partial charge in [0.15, 0.2) is 0 Å². The van der Waals surface area contributed by atoms with Crippen molar-refractivity contribution in [1.82, 2.24) is 20.1 Å². The highest BCUT2D eigenvalue weighted by molar-refractivity contribution is 5.92. The summed E-state index contributed by atoms with van der Waals surface area (Å²) in [5.74, 6) is 0.855. The number of amides is 1. The number of H-pyrrole nitrogens is 1. The van der Waals surface area contributed by atoms with Crippen LogP contribution in [0.15, 0.2) is 48.7 Å².